The van der Waals surface area contributed by atoms with E-state index >= 15 is 0 Å². The molecule has 4 heteroatoms. The molecule has 0 aliphatic carbocycles. The zero-order chi connectivity index (χ0) is 13.1. The Morgan fingerprint density at radius 2 is 1.71 bits per heavy atom. The topological polar surface area (TPSA) is 56.5 Å². The van der Waals surface area contributed by atoms with Crippen LogP contribution in [-0.4, -0.2) is 19.8 Å². The normalized spacial score (nSPS) is 11.1. The quantitative estimate of drug-likeness (QED) is 0.774. The van der Waals surface area contributed by atoms with Gasteiger partial charge in [0.05, 0.1) is 25.6 Å². The van der Waals surface area contributed by atoms with E-state index in [1.54, 1.807) is 20.3 Å². The van der Waals surface area contributed by atoms with E-state index in [2.05, 4.69) is 26.1 Å². The van der Waals surface area contributed by atoms with Gasteiger partial charge in [-0.1, -0.05) is 6.92 Å². The predicted molar refractivity (Wildman–Crippen MR) is 72.0 cm³/mol. The Hall–Kier alpha value is -1.58. The van der Waals surface area contributed by atoms with Crippen molar-refractivity contribution < 1.29 is 9.47 Å². The van der Waals surface area contributed by atoms with Crippen LogP contribution in [0.15, 0.2) is 12.1 Å². The van der Waals surface area contributed by atoms with Gasteiger partial charge in [-0.05, 0) is 20.3 Å². The minimum absolute atomic E-state index is 0.00623. The molecule has 0 fully saturated rings. The van der Waals surface area contributed by atoms with E-state index in [0.717, 1.165) is 12.1 Å². The molecule has 0 spiro atoms. The van der Waals surface area contributed by atoms with E-state index in [4.69, 9.17) is 15.2 Å². The van der Waals surface area contributed by atoms with Crippen LogP contribution in [0.5, 0.6) is 11.5 Å². The van der Waals surface area contributed by atoms with Crippen molar-refractivity contribution in [2.75, 3.05) is 25.3 Å². The van der Waals surface area contributed by atoms with Gasteiger partial charge in [0.2, 0.25) is 0 Å². The summed E-state index contributed by atoms with van der Waals surface area (Å²) in [6.07, 6.45) is 1.00. The largest absolute Gasteiger partial charge is 0.493 e. The van der Waals surface area contributed by atoms with Crippen molar-refractivity contribution in [2.24, 2.45) is 0 Å². The van der Waals surface area contributed by atoms with Gasteiger partial charge in [-0.15, -0.1) is 0 Å². The minimum Gasteiger partial charge on any atom is -0.493 e. The Morgan fingerprint density at radius 3 is 2.18 bits per heavy atom. The lowest BCUT2D eigenvalue weighted by molar-refractivity contribution is 0.355. The highest BCUT2D eigenvalue weighted by molar-refractivity contribution is 5.72. The molecule has 0 radical (unpaired) electrons. The number of benzene rings is 1. The third kappa shape index (κ3) is 3.19. The van der Waals surface area contributed by atoms with Crippen molar-refractivity contribution in [3.8, 4) is 11.5 Å². The lowest BCUT2D eigenvalue weighted by Crippen LogP contribution is -2.30. The predicted octanol–water partition coefficient (Wildman–Crippen LogP) is 2.89. The molecule has 3 N–H and O–H groups in total. The Labute approximate surface area is 103 Å². The van der Waals surface area contributed by atoms with Crippen molar-refractivity contribution in [1.82, 2.24) is 0 Å². The molecule has 0 atom stereocenters. The number of hydrogen-bond acceptors (Lipinski definition) is 4. The fourth-order valence-electron chi connectivity index (χ4n) is 1.46. The summed E-state index contributed by atoms with van der Waals surface area (Å²) < 4.78 is 10.5. The summed E-state index contributed by atoms with van der Waals surface area (Å²) in [5.41, 5.74) is 7.50. The molecular formula is C13H22N2O2. The Balaban J connectivity index is 3.09. The standard InChI is InChI=1S/C13H22N2O2/c1-6-13(2,3)15-10-8-12(17-5)11(16-4)7-9(10)14/h7-8,15H,6,14H2,1-5H3. The second-order valence-corrected chi connectivity index (χ2v) is 4.66. The van der Waals surface area contributed by atoms with E-state index < -0.39 is 0 Å². The van der Waals surface area contributed by atoms with Crippen molar-refractivity contribution in [3.63, 3.8) is 0 Å². The van der Waals surface area contributed by atoms with Gasteiger partial charge in [-0.3, -0.25) is 0 Å². The molecule has 1 aromatic rings. The number of nitrogens with two attached hydrogens (primary N) is 1. The van der Waals surface area contributed by atoms with Crippen LogP contribution in [-0.2, 0) is 0 Å². The van der Waals surface area contributed by atoms with Crippen LogP contribution < -0.4 is 20.5 Å². The molecule has 0 aliphatic heterocycles. The van der Waals surface area contributed by atoms with Crippen LogP contribution in [0.2, 0.25) is 0 Å². The molecule has 17 heavy (non-hydrogen) atoms. The molecule has 4 nitrogen and oxygen atoms in total. The van der Waals surface area contributed by atoms with Gasteiger partial charge < -0.3 is 20.5 Å². The molecule has 0 unspecified atom stereocenters. The van der Waals surface area contributed by atoms with Crippen LogP contribution in [0.4, 0.5) is 11.4 Å². The van der Waals surface area contributed by atoms with E-state index in [0.29, 0.717) is 17.2 Å². The average molecular weight is 238 g/mol. The molecular weight excluding hydrogens is 216 g/mol. The second kappa shape index (κ2) is 5.17. The molecule has 0 bridgehead atoms. The monoisotopic (exact) mass is 238 g/mol. The van der Waals surface area contributed by atoms with Crippen LogP contribution >= 0.6 is 0 Å². The molecule has 1 aromatic carbocycles. The summed E-state index contributed by atoms with van der Waals surface area (Å²) in [5, 5.41) is 3.40. The number of methoxy groups -OCH3 is 2. The maximum atomic E-state index is 5.98. The number of nitrogen functional groups attached to an aromatic ring is 1. The first-order valence-corrected chi connectivity index (χ1v) is 5.73. The van der Waals surface area contributed by atoms with Gasteiger partial charge in [0.1, 0.15) is 0 Å². The molecule has 0 saturated heterocycles. The lowest BCUT2D eigenvalue weighted by atomic mass is 10.0. The zero-order valence-electron chi connectivity index (χ0n) is 11.3. The van der Waals surface area contributed by atoms with E-state index in [9.17, 15) is 0 Å². The molecule has 0 saturated carbocycles. The second-order valence-electron chi connectivity index (χ2n) is 4.66. The Morgan fingerprint density at radius 1 is 1.18 bits per heavy atom. The van der Waals surface area contributed by atoms with Gasteiger partial charge >= 0.3 is 0 Å². The summed E-state index contributed by atoms with van der Waals surface area (Å²) in [6.45, 7) is 6.39. The fraction of sp³-hybridized carbons (Fsp3) is 0.538. The van der Waals surface area contributed by atoms with Crippen LogP contribution in [0, 0.1) is 0 Å². The van der Waals surface area contributed by atoms with Gasteiger partial charge in [0.25, 0.3) is 0 Å². The first-order valence-electron chi connectivity index (χ1n) is 5.73. The number of rotatable bonds is 5. The van der Waals surface area contributed by atoms with Crippen molar-refractivity contribution in [1.29, 1.82) is 0 Å². The lowest BCUT2D eigenvalue weighted by Gasteiger charge is -2.27. The highest BCUT2D eigenvalue weighted by Gasteiger charge is 2.17. The maximum absolute atomic E-state index is 5.98. The molecule has 1 rings (SSSR count). The maximum Gasteiger partial charge on any atom is 0.162 e. The Kier molecular flexibility index (Phi) is 4.10. The SMILES string of the molecule is CCC(C)(C)Nc1cc(OC)c(OC)cc1N. The number of nitrogens with one attached hydrogen (secondary N) is 1. The van der Waals surface area contributed by atoms with E-state index in [1.165, 1.54) is 0 Å². The molecule has 0 amide bonds. The number of ether oxygens (including phenoxy) is 2. The number of anilines is 2. The van der Waals surface area contributed by atoms with Crippen molar-refractivity contribution in [3.05, 3.63) is 12.1 Å². The van der Waals surface area contributed by atoms with Crippen LogP contribution in [0.25, 0.3) is 0 Å². The molecule has 0 aliphatic rings. The third-order valence-corrected chi connectivity index (χ3v) is 2.91. The van der Waals surface area contributed by atoms with E-state index in [1.807, 2.05) is 6.07 Å². The summed E-state index contributed by atoms with van der Waals surface area (Å²) >= 11 is 0. The minimum atomic E-state index is -0.00623. The van der Waals surface area contributed by atoms with Crippen LogP contribution in [0.1, 0.15) is 27.2 Å². The summed E-state index contributed by atoms with van der Waals surface area (Å²) in [6, 6.07) is 3.64. The first-order chi connectivity index (χ1) is 7.93. The average Bonchev–Trinajstić information content (AvgIpc) is 2.31. The fourth-order valence-corrected chi connectivity index (χ4v) is 1.46. The van der Waals surface area contributed by atoms with E-state index in [-0.39, 0.29) is 5.54 Å². The van der Waals surface area contributed by atoms with Crippen molar-refractivity contribution in [2.45, 2.75) is 32.7 Å². The smallest absolute Gasteiger partial charge is 0.162 e. The zero-order valence-corrected chi connectivity index (χ0v) is 11.3. The molecule has 96 valence electrons. The van der Waals surface area contributed by atoms with Gasteiger partial charge in [-0.2, -0.15) is 0 Å². The summed E-state index contributed by atoms with van der Waals surface area (Å²) in [7, 11) is 3.21. The summed E-state index contributed by atoms with van der Waals surface area (Å²) in [4.78, 5) is 0. The third-order valence-electron chi connectivity index (χ3n) is 2.91. The Bertz CT molecular complexity index is 389. The molecule has 0 heterocycles. The molecule has 0 aromatic heterocycles. The highest BCUT2D eigenvalue weighted by atomic mass is 16.5. The van der Waals surface area contributed by atoms with Gasteiger partial charge in [0, 0.05) is 17.7 Å². The number of hydrogen-bond donors (Lipinski definition) is 2. The highest BCUT2D eigenvalue weighted by Crippen LogP contribution is 2.36. The van der Waals surface area contributed by atoms with Crippen molar-refractivity contribution >= 4 is 11.4 Å². The van der Waals surface area contributed by atoms with Gasteiger partial charge in [0.15, 0.2) is 11.5 Å². The van der Waals surface area contributed by atoms with Gasteiger partial charge in [-0.25, -0.2) is 0 Å². The van der Waals surface area contributed by atoms with Crippen LogP contribution in [0.3, 0.4) is 0 Å². The first kappa shape index (κ1) is 13.5. The summed E-state index contributed by atoms with van der Waals surface area (Å²) in [5.74, 6) is 1.32.